The lowest BCUT2D eigenvalue weighted by molar-refractivity contribution is 0.103. The van der Waals surface area contributed by atoms with E-state index < -0.39 is 0 Å². The maximum atomic E-state index is 12.6. The number of hydrogen-bond acceptors (Lipinski definition) is 5. The summed E-state index contributed by atoms with van der Waals surface area (Å²) in [5.74, 6) is -0.187. The maximum Gasteiger partial charge on any atom is 0.216 e. The van der Waals surface area contributed by atoms with Crippen molar-refractivity contribution in [1.82, 2.24) is 19.9 Å². The number of carbonyl (C=O) groups is 1. The molecule has 0 aliphatic carbocycles. The van der Waals surface area contributed by atoms with Gasteiger partial charge >= 0.3 is 0 Å². The molecule has 4 rings (SSSR count). The van der Waals surface area contributed by atoms with Crippen molar-refractivity contribution in [3.05, 3.63) is 72.4 Å². The number of nitrogens with one attached hydrogen (secondary N) is 1. The molecule has 0 bridgehead atoms. The quantitative estimate of drug-likeness (QED) is 0.567. The third-order valence-corrected chi connectivity index (χ3v) is 3.79. The Labute approximate surface area is 137 Å². The second kappa shape index (κ2) is 5.58. The highest BCUT2D eigenvalue weighted by molar-refractivity contribution is 6.10. The molecule has 0 atom stereocenters. The number of fused-ring (bicyclic) bond motifs is 1. The van der Waals surface area contributed by atoms with Gasteiger partial charge in [-0.25, -0.2) is 9.97 Å². The first-order valence-corrected chi connectivity index (χ1v) is 7.37. The van der Waals surface area contributed by atoms with Gasteiger partial charge < -0.3 is 10.7 Å². The molecule has 0 aliphatic heterocycles. The highest BCUT2D eigenvalue weighted by Gasteiger charge is 2.17. The van der Waals surface area contributed by atoms with Crippen molar-refractivity contribution in [3.63, 3.8) is 0 Å². The number of pyridine rings is 1. The first-order chi connectivity index (χ1) is 11.7. The molecule has 4 aromatic rings. The number of nitrogens with zero attached hydrogens (tertiary/aromatic N) is 3. The van der Waals surface area contributed by atoms with Gasteiger partial charge in [0.1, 0.15) is 0 Å². The van der Waals surface area contributed by atoms with E-state index in [1.807, 2.05) is 30.5 Å². The van der Waals surface area contributed by atoms with Crippen LogP contribution in [0.15, 0.2) is 61.2 Å². The molecule has 0 saturated carbocycles. The number of H-pyrrole nitrogens is 1. The van der Waals surface area contributed by atoms with Crippen LogP contribution in [0.1, 0.15) is 16.1 Å². The standard InChI is InChI=1S/C18H13N5O/c19-18-16(17(24)13-2-1-6-20-9-13)23-15(10-22-18)11-3-4-14-12(8-11)5-7-21-14/h1-10,21H,(H2,19,22). The Bertz CT molecular complexity index is 1040. The van der Waals surface area contributed by atoms with Gasteiger partial charge in [-0.3, -0.25) is 9.78 Å². The van der Waals surface area contributed by atoms with Gasteiger partial charge in [0.15, 0.2) is 11.5 Å². The fourth-order valence-corrected chi connectivity index (χ4v) is 2.55. The van der Waals surface area contributed by atoms with Gasteiger partial charge in [-0.15, -0.1) is 0 Å². The molecule has 3 aromatic heterocycles. The zero-order valence-electron chi connectivity index (χ0n) is 12.6. The average Bonchev–Trinajstić information content (AvgIpc) is 3.10. The number of carbonyl (C=O) groups excluding carboxylic acids is 1. The molecule has 0 radical (unpaired) electrons. The van der Waals surface area contributed by atoms with Crippen LogP contribution in [0.4, 0.5) is 5.82 Å². The molecule has 3 heterocycles. The van der Waals surface area contributed by atoms with E-state index in [2.05, 4.69) is 19.9 Å². The lowest BCUT2D eigenvalue weighted by Gasteiger charge is -2.07. The molecule has 0 spiro atoms. The zero-order chi connectivity index (χ0) is 16.5. The Morgan fingerprint density at radius 1 is 1.12 bits per heavy atom. The van der Waals surface area contributed by atoms with Crippen molar-refractivity contribution >= 4 is 22.5 Å². The van der Waals surface area contributed by atoms with Gasteiger partial charge in [0.05, 0.1) is 11.9 Å². The smallest absolute Gasteiger partial charge is 0.216 e. The Hall–Kier alpha value is -3.54. The molecule has 6 nitrogen and oxygen atoms in total. The number of benzene rings is 1. The zero-order valence-corrected chi connectivity index (χ0v) is 12.6. The minimum atomic E-state index is -0.294. The van der Waals surface area contributed by atoms with Gasteiger partial charge in [0, 0.05) is 40.6 Å². The molecule has 6 heteroatoms. The summed E-state index contributed by atoms with van der Waals surface area (Å²) in [6.45, 7) is 0. The normalized spacial score (nSPS) is 10.8. The van der Waals surface area contributed by atoms with E-state index in [1.54, 1.807) is 24.5 Å². The Balaban J connectivity index is 1.79. The van der Waals surface area contributed by atoms with Gasteiger partial charge in [0.2, 0.25) is 5.78 Å². The second-order valence-corrected chi connectivity index (χ2v) is 5.34. The monoisotopic (exact) mass is 315 g/mol. The van der Waals surface area contributed by atoms with Crippen LogP contribution in [-0.4, -0.2) is 25.7 Å². The van der Waals surface area contributed by atoms with Gasteiger partial charge in [0.25, 0.3) is 0 Å². The van der Waals surface area contributed by atoms with Crippen LogP contribution in [0, 0.1) is 0 Å². The molecule has 0 amide bonds. The minimum Gasteiger partial charge on any atom is -0.382 e. The number of rotatable bonds is 3. The van der Waals surface area contributed by atoms with Crippen molar-refractivity contribution in [1.29, 1.82) is 0 Å². The predicted octanol–water partition coefficient (Wildman–Crippen LogP) is 2.83. The highest BCUT2D eigenvalue weighted by Crippen LogP contribution is 2.24. The lowest BCUT2D eigenvalue weighted by atomic mass is 10.1. The summed E-state index contributed by atoms with van der Waals surface area (Å²) in [6.07, 6.45) is 6.54. The van der Waals surface area contributed by atoms with Crippen LogP contribution in [0.5, 0.6) is 0 Å². The van der Waals surface area contributed by atoms with Gasteiger partial charge in [-0.2, -0.15) is 0 Å². The molecule has 3 N–H and O–H groups in total. The molecule has 0 aliphatic rings. The first kappa shape index (κ1) is 14.1. The Kier molecular flexibility index (Phi) is 3.28. The number of nitrogen functional groups attached to an aromatic ring is 1. The number of aromatic nitrogens is 4. The summed E-state index contributed by atoms with van der Waals surface area (Å²) in [5, 5.41) is 1.06. The van der Waals surface area contributed by atoms with Crippen LogP contribution in [0.3, 0.4) is 0 Å². The number of ketones is 1. The van der Waals surface area contributed by atoms with E-state index >= 15 is 0 Å². The second-order valence-electron chi connectivity index (χ2n) is 5.34. The third-order valence-electron chi connectivity index (χ3n) is 3.79. The SMILES string of the molecule is Nc1ncc(-c2ccc3[nH]ccc3c2)nc1C(=O)c1cccnc1. The molecule has 0 unspecified atom stereocenters. The van der Waals surface area contributed by atoms with Crippen molar-refractivity contribution in [2.75, 3.05) is 5.73 Å². The average molecular weight is 315 g/mol. The summed E-state index contributed by atoms with van der Waals surface area (Å²) < 4.78 is 0. The fourth-order valence-electron chi connectivity index (χ4n) is 2.55. The number of nitrogens with two attached hydrogens (primary N) is 1. The van der Waals surface area contributed by atoms with E-state index in [9.17, 15) is 4.79 Å². The largest absolute Gasteiger partial charge is 0.382 e. The Morgan fingerprint density at radius 3 is 2.88 bits per heavy atom. The van der Waals surface area contributed by atoms with Crippen LogP contribution < -0.4 is 5.73 Å². The van der Waals surface area contributed by atoms with Crippen molar-refractivity contribution in [2.24, 2.45) is 0 Å². The van der Waals surface area contributed by atoms with Gasteiger partial charge in [-0.1, -0.05) is 6.07 Å². The Morgan fingerprint density at radius 2 is 2.04 bits per heavy atom. The molecule has 0 saturated heterocycles. The van der Waals surface area contributed by atoms with E-state index in [-0.39, 0.29) is 17.3 Å². The van der Waals surface area contributed by atoms with Crippen molar-refractivity contribution in [2.45, 2.75) is 0 Å². The lowest BCUT2D eigenvalue weighted by Crippen LogP contribution is -2.10. The number of anilines is 1. The van der Waals surface area contributed by atoms with Crippen LogP contribution in [0.2, 0.25) is 0 Å². The molecule has 0 fully saturated rings. The summed E-state index contributed by atoms with van der Waals surface area (Å²) >= 11 is 0. The summed E-state index contributed by atoms with van der Waals surface area (Å²) in [6, 6.07) is 11.2. The van der Waals surface area contributed by atoms with E-state index in [0.29, 0.717) is 11.3 Å². The fraction of sp³-hybridized carbons (Fsp3) is 0. The maximum absolute atomic E-state index is 12.6. The van der Waals surface area contributed by atoms with Crippen molar-refractivity contribution < 1.29 is 4.79 Å². The van der Waals surface area contributed by atoms with Crippen LogP contribution in [-0.2, 0) is 0 Å². The number of aromatic amines is 1. The highest BCUT2D eigenvalue weighted by atomic mass is 16.1. The molecule has 1 aromatic carbocycles. The predicted molar refractivity (Wildman–Crippen MR) is 91.4 cm³/mol. The number of hydrogen-bond donors (Lipinski definition) is 2. The molecule has 24 heavy (non-hydrogen) atoms. The minimum absolute atomic E-state index is 0.107. The van der Waals surface area contributed by atoms with E-state index in [4.69, 9.17) is 5.73 Å². The third kappa shape index (κ3) is 2.40. The summed E-state index contributed by atoms with van der Waals surface area (Å²) in [5.41, 5.74) is 8.92. The summed E-state index contributed by atoms with van der Waals surface area (Å²) in [7, 11) is 0. The molecule has 116 valence electrons. The van der Waals surface area contributed by atoms with Crippen LogP contribution in [0.25, 0.3) is 22.2 Å². The van der Waals surface area contributed by atoms with E-state index in [1.165, 1.54) is 6.20 Å². The van der Waals surface area contributed by atoms with Gasteiger partial charge in [-0.05, 0) is 30.3 Å². The molecular formula is C18H13N5O. The van der Waals surface area contributed by atoms with E-state index in [0.717, 1.165) is 16.5 Å². The van der Waals surface area contributed by atoms with Crippen LogP contribution >= 0.6 is 0 Å². The molecular weight excluding hydrogens is 302 g/mol. The topological polar surface area (TPSA) is 97.5 Å². The van der Waals surface area contributed by atoms with Crippen molar-refractivity contribution in [3.8, 4) is 11.3 Å². The first-order valence-electron chi connectivity index (χ1n) is 7.37. The summed E-state index contributed by atoms with van der Waals surface area (Å²) in [4.78, 5) is 28.3.